The molecule has 0 saturated heterocycles. The number of rotatable bonds is 1. The van der Waals surface area contributed by atoms with E-state index in [9.17, 15) is 4.39 Å². The number of benzene rings is 1. The fourth-order valence-corrected chi connectivity index (χ4v) is 1.29. The van der Waals surface area contributed by atoms with E-state index in [0.29, 0.717) is 0 Å². The van der Waals surface area contributed by atoms with Crippen LogP contribution >= 0.6 is 23.2 Å². The summed E-state index contributed by atoms with van der Waals surface area (Å²) in [6.07, 6.45) is 0. The molecule has 14 heavy (non-hydrogen) atoms. The van der Waals surface area contributed by atoms with Gasteiger partial charge in [-0.3, -0.25) is 0 Å². The second-order valence-corrected chi connectivity index (χ2v) is 3.44. The minimum atomic E-state index is -0.603. The lowest BCUT2D eigenvalue weighted by atomic mass is 10.1. The molecule has 1 aromatic carbocycles. The molecular weight excluding hydrogens is 224 g/mol. The number of nitriles is 1. The van der Waals surface area contributed by atoms with Gasteiger partial charge in [0, 0.05) is 11.1 Å². The van der Waals surface area contributed by atoms with Gasteiger partial charge in [-0.15, -0.1) is 0 Å². The highest BCUT2D eigenvalue weighted by Crippen LogP contribution is 2.28. The van der Waals surface area contributed by atoms with Gasteiger partial charge in [0.05, 0.1) is 16.1 Å². The van der Waals surface area contributed by atoms with E-state index in [0.717, 1.165) is 0 Å². The molecule has 0 aliphatic rings. The zero-order chi connectivity index (χ0) is 10.7. The van der Waals surface area contributed by atoms with E-state index in [2.05, 4.69) is 0 Å². The maximum absolute atomic E-state index is 13.4. The van der Waals surface area contributed by atoms with Crippen molar-refractivity contribution in [2.45, 2.75) is 6.92 Å². The Morgan fingerprint density at radius 1 is 1.50 bits per heavy atom. The summed E-state index contributed by atoms with van der Waals surface area (Å²) in [5.74, 6) is -0.603. The minimum absolute atomic E-state index is 0.00797. The number of hydrogen-bond acceptors (Lipinski definition) is 1. The van der Waals surface area contributed by atoms with Crippen molar-refractivity contribution in [1.82, 2.24) is 0 Å². The van der Waals surface area contributed by atoms with Crippen LogP contribution in [0.25, 0.3) is 5.03 Å². The van der Waals surface area contributed by atoms with Crippen molar-refractivity contribution < 1.29 is 4.39 Å². The molecule has 0 bridgehead atoms. The Morgan fingerprint density at radius 3 is 2.71 bits per heavy atom. The molecule has 1 aromatic rings. The molecule has 0 amide bonds. The average molecular weight is 230 g/mol. The van der Waals surface area contributed by atoms with Gasteiger partial charge < -0.3 is 0 Å². The highest BCUT2D eigenvalue weighted by molar-refractivity contribution is 6.49. The van der Waals surface area contributed by atoms with E-state index in [-0.39, 0.29) is 21.2 Å². The van der Waals surface area contributed by atoms with Gasteiger partial charge in [-0.2, -0.15) is 5.26 Å². The molecule has 0 saturated carbocycles. The molecule has 0 aromatic heterocycles. The van der Waals surface area contributed by atoms with Crippen LogP contribution in [0, 0.1) is 17.1 Å². The molecule has 0 fully saturated rings. The van der Waals surface area contributed by atoms with Crippen molar-refractivity contribution in [1.29, 1.82) is 5.26 Å². The molecule has 0 aliphatic heterocycles. The van der Waals surface area contributed by atoms with E-state index in [4.69, 9.17) is 28.5 Å². The van der Waals surface area contributed by atoms with Gasteiger partial charge in [-0.1, -0.05) is 35.3 Å². The lowest BCUT2D eigenvalue weighted by Gasteiger charge is -2.03. The number of nitrogens with zero attached hydrogens (tertiary/aromatic N) is 1. The normalized spacial score (nSPS) is 11.9. The van der Waals surface area contributed by atoms with Crippen LogP contribution in [-0.4, -0.2) is 0 Å². The maximum Gasteiger partial charge on any atom is 0.150 e. The molecule has 0 N–H and O–H groups in total. The van der Waals surface area contributed by atoms with Crippen LogP contribution in [0.15, 0.2) is 23.8 Å². The predicted octanol–water partition coefficient (Wildman–Crippen LogP) is 3.97. The molecule has 0 unspecified atom stereocenters. The summed E-state index contributed by atoms with van der Waals surface area (Å²) in [6, 6.07) is 6.32. The number of allylic oxidation sites excluding steroid dienone is 1. The average Bonchev–Trinajstić information content (AvgIpc) is 2.20. The lowest BCUT2D eigenvalue weighted by Crippen LogP contribution is -1.88. The summed E-state index contributed by atoms with van der Waals surface area (Å²) >= 11 is 11.4. The van der Waals surface area contributed by atoms with Crippen LogP contribution in [0.2, 0.25) is 5.02 Å². The third-order valence-corrected chi connectivity index (χ3v) is 2.46. The zero-order valence-corrected chi connectivity index (χ0v) is 8.83. The Morgan fingerprint density at radius 2 is 2.14 bits per heavy atom. The van der Waals surface area contributed by atoms with E-state index >= 15 is 0 Å². The molecule has 0 aliphatic carbocycles. The molecule has 1 rings (SSSR count). The molecule has 1 nitrogen and oxygen atoms in total. The third-order valence-electron chi connectivity index (χ3n) is 1.69. The molecular formula is C10H6Cl2FN. The van der Waals surface area contributed by atoms with Crippen LogP contribution < -0.4 is 0 Å². The molecule has 0 radical (unpaired) electrons. The first-order valence-corrected chi connectivity index (χ1v) is 4.54. The van der Waals surface area contributed by atoms with Gasteiger partial charge >= 0.3 is 0 Å². The second-order valence-electron chi connectivity index (χ2n) is 2.65. The summed E-state index contributed by atoms with van der Waals surface area (Å²) in [4.78, 5) is 0. The lowest BCUT2D eigenvalue weighted by molar-refractivity contribution is 0.625. The quantitative estimate of drug-likeness (QED) is 0.669. The van der Waals surface area contributed by atoms with Gasteiger partial charge in [0.1, 0.15) is 0 Å². The van der Waals surface area contributed by atoms with Crippen molar-refractivity contribution in [3.63, 3.8) is 0 Å². The SMILES string of the molecule is C/C(C#N)=C(/Cl)c1cccc(Cl)c1F. The number of hydrogen-bond donors (Lipinski definition) is 0. The fraction of sp³-hybridized carbons (Fsp3) is 0.100. The summed E-state index contributed by atoms with van der Waals surface area (Å²) in [5.41, 5.74) is 0.408. The van der Waals surface area contributed by atoms with Crippen molar-refractivity contribution in [2.75, 3.05) is 0 Å². The Balaban J connectivity index is 3.36. The van der Waals surface area contributed by atoms with Crippen LogP contribution in [0.1, 0.15) is 12.5 Å². The Kier molecular flexibility index (Phi) is 3.51. The monoisotopic (exact) mass is 229 g/mol. The molecule has 72 valence electrons. The van der Waals surface area contributed by atoms with E-state index in [1.165, 1.54) is 19.1 Å². The van der Waals surface area contributed by atoms with E-state index in [1.54, 1.807) is 6.07 Å². The van der Waals surface area contributed by atoms with Gasteiger partial charge in [-0.05, 0) is 13.0 Å². The van der Waals surface area contributed by atoms with Gasteiger partial charge in [0.2, 0.25) is 0 Å². The Hall–Kier alpha value is -1.04. The minimum Gasteiger partial charge on any atom is -0.205 e. The highest BCUT2D eigenvalue weighted by Gasteiger charge is 2.11. The standard InChI is InChI=1S/C10H6Cl2FN/c1-6(5-14)9(12)7-3-2-4-8(11)10(7)13/h2-4H,1H3/b9-6-. The van der Waals surface area contributed by atoms with E-state index < -0.39 is 5.82 Å². The first-order chi connectivity index (χ1) is 6.57. The van der Waals surface area contributed by atoms with Crippen molar-refractivity contribution in [3.8, 4) is 6.07 Å². The van der Waals surface area contributed by atoms with Gasteiger partial charge in [0.15, 0.2) is 5.82 Å². The predicted molar refractivity (Wildman–Crippen MR) is 55.5 cm³/mol. The van der Waals surface area contributed by atoms with Crippen molar-refractivity contribution >= 4 is 28.2 Å². The first-order valence-electron chi connectivity index (χ1n) is 3.78. The van der Waals surface area contributed by atoms with Crippen LogP contribution in [0.5, 0.6) is 0 Å². The van der Waals surface area contributed by atoms with E-state index in [1.807, 2.05) is 6.07 Å². The van der Waals surface area contributed by atoms with Crippen molar-refractivity contribution in [2.24, 2.45) is 0 Å². The molecule has 0 atom stereocenters. The largest absolute Gasteiger partial charge is 0.205 e. The van der Waals surface area contributed by atoms with Crippen molar-refractivity contribution in [3.05, 3.63) is 40.2 Å². The summed E-state index contributed by atoms with van der Waals surface area (Å²) < 4.78 is 13.4. The third kappa shape index (κ3) is 2.06. The maximum atomic E-state index is 13.4. The summed E-state index contributed by atoms with van der Waals surface area (Å²) in [7, 11) is 0. The van der Waals surface area contributed by atoms with Crippen LogP contribution in [-0.2, 0) is 0 Å². The molecule has 0 spiro atoms. The van der Waals surface area contributed by atoms with Gasteiger partial charge in [-0.25, -0.2) is 4.39 Å². The first kappa shape index (κ1) is 11.0. The molecule has 4 heteroatoms. The summed E-state index contributed by atoms with van der Waals surface area (Å²) in [6.45, 7) is 1.52. The summed E-state index contributed by atoms with van der Waals surface area (Å²) in [5, 5.41) is 8.66. The van der Waals surface area contributed by atoms with Crippen LogP contribution in [0.3, 0.4) is 0 Å². The van der Waals surface area contributed by atoms with Gasteiger partial charge in [0.25, 0.3) is 0 Å². The smallest absolute Gasteiger partial charge is 0.150 e. The fourth-order valence-electron chi connectivity index (χ4n) is 0.924. The Bertz CT molecular complexity index is 432. The second kappa shape index (κ2) is 4.45. The highest BCUT2D eigenvalue weighted by atomic mass is 35.5. The zero-order valence-electron chi connectivity index (χ0n) is 7.31. The Labute approximate surface area is 91.4 Å². The number of halogens is 3. The van der Waals surface area contributed by atoms with Crippen LogP contribution in [0.4, 0.5) is 4.39 Å². The molecule has 0 heterocycles. The topological polar surface area (TPSA) is 23.8 Å².